The molecule has 0 spiro atoms. The molecule has 5 rings (SSSR count). The Bertz CT molecular complexity index is 1270. The molecule has 1 atom stereocenters. The second-order valence-electron chi connectivity index (χ2n) is 8.09. The minimum atomic E-state index is -0.0340. The summed E-state index contributed by atoms with van der Waals surface area (Å²) in [6.45, 7) is 6.96. The van der Waals surface area contributed by atoms with E-state index >= 15 is 0 Å². The van der Waals surface area contributed by atoms with Crippen LogP contribution in [0.15, 0.2) is 42.7 Å². The zero-order valence-corrected chi connectivity index (χ0v) is 19.5. The number of carbonyl (C=O) groups excluding carboxylic acids is 1. The number of amides is 1. The average Bonchev–Trinajstić information content (AvgIpc) is 3.54. The molecule has 4 aromatic heterocycles. The minimum Gasteiger partial charge on any atom is -0.377 e. The summed E-state index contributed by atoms with van der Waals surface area (Å²) in [5.41, 5.74) is 3.42. The van der Waals surface area contributed by atoms with Crippen molar-refractivity contribution in [1.29, 1.82) is 0 Å². The lowest BCUT2D eigenvalue weighted by Crippen LogP contribution is -2.44. The van der Waals surface area contributed by atoms with Gasteiger partial charge in [0.25, 0.3) is 5.91 Å². The molecule has 9 heteroatoms. The molecule has 0 radical (unpaired) electrons. The number of fused-ring (bicyclic) bond motifs is 1. The Morgan fingerprint density at radius 2 is 2.21 bits per heavy atom. The number of aromatic amines is 1. The fourth-order valence-electron chi connectivity index (χ4n) is 4.07. The van der Waals surface area contributed by atoms with Crippen LogP contribution in [0.1, 0.15) is 29.9 Å². The first-order valence-electron chi connectivity index (χ1n) is 11.2. The van der Waals surface area contributed by atoms with Crippen LogP contribution in [0.4, 0.5) is 5.82 Å². The summed E-state index contributed by atoms with van der Waals surface area (Å²) in [6.07, 6.45) is 4.41. The Morgan fingerprint density at radius 3 is 3.00 bits per heavy atom. The number of nitrogens with one attached hydrogen (secondary N) is 2. The minimum absolute atomic E-state index is 0.0340. The number of carbonyl (C=O) groups is 1. The molecule has 0 aliphatic carbocycles. The van der Waals surface area contributed by atoms with Gasteiger partial charge in [-0.05, 0) is 43.7 Å². The van der Waals surface area contributed by atoms with Crippen LogP contribution < -0.4 is 10.2 Å². The van der Waals surface area contributed by atoms with Gasteiger partial charge in [-0.15, -0.1) is 11.3 Å². The average molecular weight is 463 g/mol. The van der Waals surface area contributed by atoms with Crippen molar-refractivity contribution in [3.8, 4) is 21.8 Å². The molecule has 5 heterocycles. The molecule has 4 aromatic rings. The Balaban J connectivity index is 1.67. The number of rotatable bonds is 6. The highest BCUT2D eigenvalue weighted by atomic mass is 32.1. The van der Waals surface area contributed by atoms with Gasteiger partial charge in [0.1, 0.15) is 17.0 Å². The molecule has 8 nitrogen and oxygen atoms in total. The molecule has 0 unspecified atom stereocenters. The monoisotopic (exact) mass is 462 g/mol. The van der Waals surface area contributed by atoms with Crippen LogP contribution in [-0.4, -0.2) is 58.4 Å². The first kappa shape index (κ1) is 21.5. The number of morpholine rings is 1. The standard InChI is InChI=1S/C24H26N6O2S/c1-3-8-26-24(31)20-5-4-19(33-20)17-13-21(30-11-12-32-14-15(30)2)28-22-16(17)6-9-25-23(22)18-7-10-27-29-18/h4-7,9-10,13,15H,3,8,11-12,14H2,1-2H3,(H,26,31)(H,27,29)/t15-/m1/s1. The predicted molar refractivity (Wildman–Crippen MR) is 131 cm³/mol. The van der Waals surface area contributed by atoms with E-state index in [-0.39, 0.29) is 11.9 Å². The highest BCUT2D eigenvalue weighted by Crippen LogP contribution is 2.38. The van der Waals surface area contributed by atoms with Crippen molar-refractivity contribution in [1.82, 2.24) is 25.5 Å². The lowest BCUT2D eigenvalue weighted by atomic mass is 10.1. The van der Waals surface area contributed by atoms with Gasteiger partial charge in [-0.2, -0.15) is 5.10 Å². The van der Waals surface area contributed by atoms with Gasteiger partial charge < -0.3 is 15.0 Å². The number of hydrogen-bond acceptors (Lipinski definition) is 7. The fourth-order valence-corrected chi connectivity index (χ4v) is 5.02. The van der Waals surface area contributed by atoms with E-state index in [2.05, 4.69) is 38.4 Å². The molecule has 2 N–H and O–H groups in total. The maximum Gasteiger partial charge on any atom is 0.261 e. The number of nitrogens with zero attached hydrogens (tertiary/aromatic N) is 4. The predicted octanol–water partition coefficient (Wildman–Crippen LogP) is 4.11. The molecule has 1 saturated heterocycles. The van der Waals surface area contributed by atoms with E-state index in [1.165, 1.54) is 11.3 Å². The van der Waals surface area contributed by atoms with Crippen molar-refractivity contribution < 1.29 is 9.53 Å². The van der Waals surface area contributed by atoms with E-state index in [1.807, 2.05) is 31.2 Å². The van der Waals surface area contributed by atoms with E-state index in [0.717, 1.165) is 51.5 Å². The third kappa shape index (κ3) is 4.21. The number of pyridine rings is 2. The normalized spacial score (nSPS) is 16.3. The summed E-state index contributed by atoms with van der Waals surface area (Å²) < 4.78 is 5.64. The van der Waals surface area contributed by atoms with E-state index < -0.39 is 0 Å². The van der Waals surface area contributed by atoms with Crippen molar-refractivity contribution in [3.05, 3.63) is 47.6 Å². The van der Waals surface area contributed by atoms with Crippen molar-refractivity contribution in [2.45, 2.75) is 26.3 Å². The van der Waals surface area contributed by atoms with Crippen LogP contribution in [0.5, 0.6) is 0 Å². The largest absolute Gasteiger partial charge is 0.377 e. The summed E-state index contributed by atoms with van der Waals surface area (Å²) in [6, 6.07) is 10.1. The molecule has 170 valence electrons. The Labute approximate surface area is 196 Å². The first-order chi connectivity index (χ1) is 16.2. The molecular weight excluding hydrogens is 436 g/mol. The number of aromatic nitrogens is 4. The quantitative estimate of drug-likeness (QED) is 0.448. The van der Waals surface area contributed by atoms with Crippen molar-refractivity contribution >= 4 is 34.0 Å². The molecule has 33 heavy (non-hydrogen) atoms. The van der Waals surface area contributed by atoms with Gasteiger partial charge in [0.2, 0.25) is 0 Å². The van der Waals surface area contributed by atoms with E-state index in [9.17, 15) is 4.79 Å². The second-order valence-corrected chi connectivity index (χ2v) is 9.17. The van der Waals surface area contributed by atoms with Gasteiger partial charge in [-0.25, -0.2) is 4.98 Å². The summed E-state index contributed by atoms with van der Waals surface area (Å²) >= 11 is 1.50. The second kappa shape index (κ2) is 9.29. The maximum atomic E-state index is 12.5. The summed E-state index contributed by atoms with van der Waals surface area (Å²) in [5.74, 6) is 0.848. The van der Waals surface area contributed by atoms with Crippen LogP contribution in [0.3, 0.4) is 0 Å². The number of ether oxygens (including phenoxy) is 1. The van der Waals surface area contributed by atoms with Crippen molar-refractivity contribution in [2.75, 3.05) is 31.2 Å². The van der Waals surface area contributed by atoms with Gasteiger partial charge in [-0.3, -0.25) is 14.9 Å². The van der Waals surface area contributed by atoms with Crippen LogP contribution in [0, 0.1) is 0 Å². The molecule has 1 aliphatic rings. The number of hydrogen-bond donors (Lipinski definition) is 2. The third-order valence-electron chi connectivity index (χ3n) is 5.76. The third-order valence-corrected chi connectivity index (χ3v) is 6.88. The Kier molecular flexibility index (Phi) is 6.06. The Morgan fingerprint density at radius 1 is 1.30 bits per heavy atom. The van der Waals surface area contributed by atoms with Gasteiger partial charge in [0, 0.05) is 41.3 Å². The number of thiophene rings is 1. The zero-order valence-electron chi connectivity index (χ0n) is 18.7. The maximum absolute atomic E-state index is 12.5. The first-order valence-corrected chi connectivity index (χ1v) is 12.0. The van der Waals surface area contributed by atoms with E-state index in [0.29, 0.717) is 24.6 Å². The molecule has 1 amide bonds. The smallest absolute Gasteiger partial charge is 0.261 e. The molecule has 0 saturated carbocycles. The van der Waals surface area contributed by atoms with Crippen LogP contribution in [0.2, 0.25) is 0 Å². The SMILES string of the molecule is CCCNC(=O)c1ccc(-c2cc(N3CCOC[C@H]3C)nc3c(-c4ccn[nH]4)nccc23)s1. The van der Waals surface area contributed by atoms with Gasteiger partial charge in [0.05, 0.1) is 29.8 Å². The lowest BCUT2D eigenvalue weighted by molar-refractivity contribution is 0.0957. The fraction of sp³-hybridized carbons (Fsp3) is 0.333. The topological polar surface area (TPSA) is 96.0 Å². The summed E-state index contributed by atoms with van der Waals surface area (Å²) in [4.78, 5) is 26.2. The molecule has 0 aromatic carbocycles. The van der Waals surface area contributed by atoms with Crippen molar-refractivity contribution in [3.63, 3.8) is 0 Å². The molecular formula is C24H26N6O2S. The summed E-state index contributed by atoms with van der Waals surface area (Å²) in [5, 5.41) is 11.1. The van der Waals surface area contributed by atoms with Gasteiger partial charge >= 0.3 is 0 Å². The van der Waals surface area contributed by atoms with Crippen molar-refractivity contribution in [2.24, 2.45) is 0 Å². The van der Waals surface area contributed by atoms with Crippen LogP contribution in [-0.2, 0) is 4.74 Å². The number of H-pyrrole nitrogens is 1. The molecule has 1 fully saturated rings. The highest BCUT2D eigenvalue weighted by Gasteiger charge is 2.23. The van der Waals surface area contributed by atoms with Crippen LogP contribution >= 0.6 is 11.3 Å². The lowest BCUT2D eigenvalue weighted by Gasteiger charge is -2.34. The summed E-state index contributed by atoms with van der Waals surface area (Å²) in [7, 11) is 0. The van der Waals surface area contributed by atoms with Gasteiger partial charge in [-0.1, -0.05) is 6.92 Å². The van der Waals surface area contributed by atoms with E-state index in [1.54, 1.807) is 12.4 Å². The molecule has 1 aliphatic heterocycles. The number of anilines is 1. The molecule has 0 bridgehead atoms. The van der Waals surface area contributed by atoms with Gasteiger partial charge in [0.15, 0.2) is 0 Å². The zero-order chi connectivity index (χ0) is 22.8. The Hall–Kier alpha value is -3.30. The van der Waals surface area contributed by atoms with E-state index in [4.69, 9.17) is 9.72 Å². The van der Waals surface area contributed by atoms with Crippen LogP contribution in [0.25, 0.3) is 32.7 Å². The highest BCUT2D eigenvalue weighted by molar-refractivity contribution is 7.17.